The lowest BCUT2D eigenvalue weighted by Crippen LogP contribution is -2.39. The minimum Gasteiger partial charge on any atom is -0.492 e. The molecule has 26 heavy (non-hydrogen) atoms. The van der Waals surface area contributed by atoms with Crippen LogP contribution in [0.3, 0.4) is 0 Å². The van der Waals surface area contributed by atoms with Crippen LogP contribution in [-0.2, 0) is 4.79 Å². The average molecular weight is 355 g/mol. The third-order valence-corrected chi connectivity index (χ3v) is 4.35. The van der Waals surface area contributed by atoms with E-state index < -0.39 is 6.10 Å². The summed E-state index contributed by atoms with van der Waals surface area (Å²) in [4.78, 5) is 12.4. The van der Waals surface area contributed by atoms with Crippen molar-refractivity contribution in [2.75, 3.05) is 13.2 Å². The van der Waals surface area contributed by atoms with Crippen molar-refractivity contribution in [2.24, 2.45) is 0 Å². The summed E-state index contributed by atoms with van der Waals surface area (Å²) < 4.78 is 11.7. The molecule has 0 saturated carbocycles. The maximum absolute atomic E-state index is 12.4. The third kappa shape index (κ3) is 5.51. The van der Waals surface area contributed by atoms with Crippen LogP contribution in [0.25, 0.3) is 0 Å². The second-order valence-corrected chi connectivity index (χ2v) is 6.68. The van der Waals surface area contributed by atoms with Crippen LogP contribution >= 0.6 is 0 Å². The molecule has 0 fully saturated rings. The highest BCUT2D eigenvalue weighted by Crippen LogP contribution is 2.22. The molecule has 140 valence electrons. The van der Waals surface area contributed by atoms with E-state index >= 15 is 0 Å². The van der Waals surface area contributed by atoms with Gasteiger partial charge in [0.1, 0.15) is 18.1 Å². The van der Waals surface area contributed by atoms with Gasteiger partial charge in [0.05, 0.1) is 6.54 Å². The van der Waals surface area contributed by atoms with Crippen molar-refractivity contribution in [3.05, 3.63) is 58.7 Å². The molecule has 0 spiro atoms. The fourth-order valence-electron chi connectivity index (χ4n) is 2.80. The highest BCUT2D eigenvalue weighted by atomic mass is 16.5. The fraction of sp³-hybridized carbons (Fsp3) is 0.409. The number of carbonyl (C=O) groups excluding carboxylic acids is 1. The maximum Gasteiger partial charge on any atom is 0.261 e. The number of carbonyl (C=O) groups is 1. The van der Waals surface area contributed by atoms with E-state index in [1.54, 1.807) is 0 Å². The van der Waals surface area contributed by atoms with Crippen LogP contribution in [-0.4, -0.2) is 25.2 Å². The minimum absolute atomic E-state index is 0.113. The molecule has 1 amide bonds. The Morgan fingerprint density at radius 1 is 1.08 bits per heavy atom. The Balaban J connectivity index is 1.84. The lowest BCUT2D eigenvalue weighted by molar-refractivity contribution is -0.128. The Bertz CT molecular complexity index is 735. The van der Waals surface area contributed by atoms with Crippen molar-refractivity contribution in [1.29, 1.82) is 0 Å². The zero-order valence-corrected chi connectivity index (χ0v) is 16.4. The molecule has 0 saturated heterocycles. The second-order valence-electron chi connectivity index (χ2n) is 6.68. The van der Waals surface area contributed by atoms with E-state index in [1.807, 2.05) is 65.0 Å². The van der Waals surface area contributed by atoms with Gasteiger partial charge >= 0.3 is 0 Å². The van der Waals surface area contributed by atoms with Crippen molar-refractivity contribution in [2.45, 2.75) is 47.1 Å². The fourth-order valence-corrected chi connectivity index (χ4v) is 2.80. The van der Waals surface area contributed by atoms with E-state index in [2.05, 4.69) is 11.4 Å². The van der Waals surface area contributed by atoms with Crippen molar-refractivity contribution in [1.82, 2.24) is 5.32 Å². The molecule has 1 N–H and O–H groups in total. The summed E-state index contributed by atoms with van der Waals surface area (Å²) in [5.74, 6) is 1.48. The first-order valence-electron chi connectivity index (χ1n) is 9.12. The van der Waals surface area contributed by atoms with E-state index in [4.69, 9.17) is 9.47 Å². The number of amides is 1. The quantitative estimate of drug-likeness (QED) is 0.719. The molecule has 2 rings (SSSR count). The van der Waals surface area contributed by atoms with Gasteiger partial charge in [0.2, 0.25) is 0 Å². The van der Waals surface area contributed by atoms with Crippen molar-refractivity contribution >= 4 is 5.91 Å². The molecule has 0 aromatic heterocycles. The summed E-state index contributed by atoms with van der Waals surface area (Å²) in [7, 11) is 0. The Hall–Kier alpha value is -2.49. The lowest BCUT2D eigenvalue weighted by atomic mass is 10.1. The number of ether oxygens (including phenoxy) is 2. The summed E-state index contributed by atoms with van der Waals surface area (Å²) in [6.07, 6.45) is 0.105. The summed E-state index contributed by atoms with van der Waals surface area (Å²) in [5.41, 5.74) is 4.55. The lowest BCUT2D eigenvalue weighted by Gasteiger charge is -2.19. The molecular weight excluding hydrogens is 326 g/mol. The topological polar surface area (TPSA) is 47.6 Å². The first-order chi connectivity index (χ1) is 12.4. The van der Waals surface area contributed by atoms with Crippen LogP contribution < -0.4 is 14.8 Å². The van der Waals surface area contributed by atoms with Crippen molar-refractivity contribution in [3.63, 3.8) is 0 Å². The summed E-state index contributed by atoms with van der Waals surface area (Å²) in [6, 6.07) is 12.0. The van der Waals surface area contributed by atoms with Gasteiger partial charge in [0, 0.05) is 0 Å². The van der Waals surface area contributed by atoms with Crippen molar-refractivity contribution < 1.29 is 14.3 Å². The third-order valence-electron chi connectivity index (χ3n) is 4.35. The number of aryl methyl sites for hydroxylation is 3. The molecule has 0 unspecified atom stereocenters. The van der Waals surface area contributed by atoms with Crippen LogP contribution in [0, 0.1) is 27.7 Å². The summed E-state index contributed by atoms with van der Waals surface area (Å²) >= 11 is 0. The van der Waals surface area contributed by atoms with Crippen molar-refractivity contribution in [3.8, 4) is 11.5 Å². The van der Waals surface area contributed by atoms with Gasteiger partial charge in [-0.3, -0.25) is 4.79 Å². The van der Waals surface area contributed by atoms with Crippen LogP contribution in [0.5, 0.6) is 11.5 Å². The zero-order valence-electron chi connectivity index (χ0n) is 16.4. The van der Waals surface area contributed by atoms with Gasteiger partial charge in [-0.2, -0.15) is 0 Å². The normalized spacial score (nSPS) is 11.7. The molecule has 0 heterocycles. The van der Waals surface area contributed by atoms with E-state index in [-0.39, 0.29) is 5.91 Å². The summed E-state index contributed by atoms with van der Waals surface area (Å²) in [6.45, 7) is 10.9. The molecule has 2 aromatic rings. The molecule has 4 heteroatoms. The van der Waals surface area contributed by atoms with E-state index in [1.165, 1.54) is 0 Å². The smallest absolute Gasteiger partial charge is 0.261 e. The van der Waals surface area contributed by atoms with E-state index in [0.29, 0.717) is 19.6 Å². The first-order valence-corrected chi connectivity index (χ1v) is 9.12. The first kappa shape index (κ1) is 19.8. The standard InChI is InChI=1S/C22H29NO3/c1-6-20(26-21-9-7-8-17(4)18(21)5)22(24)23-10-11-25-19-13-15(2)12-16(3)14-19/h7-9,12-14,20H,6,10-11H2,1-5H3,(H,23,24)/t20-/m1/s1. The molecule has 0 aliphatic carbocycles. The van der Waals surface area contributed by atoms with Crippen LogP contribution in [0.1, 0.15) is 35.6 Å². The molecule has 0 bridgehead atoms. The minimum atomic E-state index is -0.503. The molecule has 2 aromatic carbocycles. The molecule has 0 radical (unpaired) electrons. The van der Waals surface area contributed by atoms with E-state index in [9.17, 15) is 4.79 Å². The SMILES string of the molecule is CC[C@@H](Oc1cccc(C)c1C)C(=O)NCCOc1cc(C)cc(C)c1. The number of hydrogen-bond donors (Lipinski definition) is 1. The largest absolute Gasteiger partial charge is 0.492 e. The molecule has 0 aliphatic heterocycles. The Labute approximate surface area is 156 Å². The highest BCUT2D eigenvalue weighted by molar-refractivity contribution is 5.81. The predicted octanol–water partition coefficient (Wildman–Crippen LogP) is 4.27. The number of hydrogen-bond acceptors (Lipinski definition) is 3. The average Bonchev–Trinajstić information content (AvgIpc) is 2.59. The van der Waals surface area contributed by atoms with Gasteiger partial charge in [0.25, 0.3) is 5.91 Å². The van der Waals surface area contributed by atoms with Gasteiger partial charge < -0.3 is 14.8 Å². The summed E-state index contributed by atoms with van der Waals surface area (Å²) in [5, 5.41) is 2.90. The number of benzene rings is 2. The molecule has 1 atom stereocenters. The molecule has 4 nitrogen and oxygen atoms in total. The van der Waals surface area contributed by atoms with Gasteiger partial charge in [-0.25, -0.2) is 0 Å². The zero-order chi connectivity index (χ0) is 19.1. The highest BCUT2D eigenvalue weighted by Gasteiger charge is 2.19. The second kappa shape index (κ2) is 9.27. The van der Waals surface area contributed by atoms with Gasteiger partial charge in [0.15, 0.2) is 6.10 Å². The van der Waals surface area contributed by atoms with Gasteiger partial charge in [-0.05, 0) is 74.6 Å². The Morgan fingerprint density at radius 2 is 1.77 bits per heavy atom. The monoisotopic (exact) mass is 355 g/mol. The maximum atomic E-state index is 12.4. The molecular formula is C22H29NO3. The Morgan fingerprint density at radius 3 is 2.42 bits per heavy atom. The van der Waals surface area contributed by atoms with Crippen LogP contribution in [0.4, 0.5) is 0 Å². The molecule has 0 aliphatic rings. The van der Waals surface area contributed by atoms with Crippen LogP contribution in [0.2, 0.25) is 0 Å². The van der Waals surface area contributed by atoms with Gasteiger partial charge in [-0.1, -0.05) is 25.1 Å². The predicted molar refractivity (Wildman–Crippen MR) is 105 cm³/mol. The number of rotatable bonds is 8. The van der Waals surface area contributed by atoms with E-state index in [0.717, 1.165) is 33.8 Å². The number of nitrogens with one attached hydrogen (secondary N) is 1. The van der Waals surface area contributed by atoms with Gasteiger partial charge in [-0.15, -0.1) is 0 Å². The Kier molecular flexibility index (Phi) is 7.07. The van der Waals surface area contributed by atoms with Crippen LogP contribution in [0.15, 0.2) is 36.4 Å².